The molecule has 0 radical (unpaired) electrons. The molecule has 86 valence electrons. The van der Waals surface area contributed by atoms with Gasteiger partial charge in [-0.1, -0.05) is 30.3 Å². The van der Waals surface area contributed by atoms with Crippen LogP contribution in [-0.2, 0) is 6.54 Å². The Morgan fingerprint density at radius 3 is 2.24 bits per heavy atom. The fourth-order valence-corrected chi connectivity index (χ4v) is 1.61. The molecule has 2 rings (SSSR count). The van der Waals surface area contributed by atoms with Gasteiger partial charge in [0.05, 0.1) is 5.56 Å². The molecule has 3 nitrogen and oxygen atoms in total. The number of rotatable bonds is 4. The van der Waals surface area contributed by atoms with Crippen LogP contribution in [0.2, 0.25) is 0 Å². The van der Waals surface area contributed by atoms with Crippen LogP contribution in [0.15, 0.2) is 54.6 Å². The van der Waals surface area contributed by atoms with E-state index in [4.69, 9.17) is 5.11 Å². The molecule has 0 aliphatic heterocycles. The van der Waals surface area contributed by atoms with Gasteiger partial charge in [-0.15, -0.1) is 0 Å². The maximum atomic E-state index is 10.7. The van der Waals surface area contributed by atoms with Crippen molar-refractivity contribution in [3.05, 3.63) is 65.7 Å². The van der Waals surface area contributed by atoms with E-state index in [2.05, 4.69) is 5.32 Å². The van der Waals surface area contributed by atoms with E-state index >= 15 is 0 Å². The average molecular weight is 228 g/mol. The second kappa shape index (κ2) is 5.27. The first-order valence-corrected chi connectivity index (χ1v) is 5.46. The summed E-state index contributed by atoms with van der Waals surface area (Å²) in [5, 5.41) is 10.9. The van der Waals surface area contributed by atoms with Crippen LogP contribution in [0.25, 0.3) is 0 Å². The van der Waals surface area contributed by atoms with E-state index in [-0.39, 0.29) is 0 Å². The predicted molar refractivity (Wildman–Crippen MR) is 65.1 cm³/mol. The van der Waals surface area contributed by atoms with Gasteiger partial charge in [-0.2, -0.15) is 0 Å². The van der Waals surface area contributed by atoms with Gasteiger partial charge in [0.1, 0.15) is 12.2 Å². The topological polar surface area (TPSA) is 53.9 Å². The van der Waals surface area contributed by atoms with Crippen molar-refractivity contribution in [2.75, 3.05) is 0 Å². The second-order valence-electron chi connectivity index (χ2n) is 3.82. The van der Waals surface area contributed by atoms with Crippen LogP contribution < -0.4 is 5.32 Å². The SMILES string of the molecule is O=C(O)c1ccc(C[NH2+]c2ccccc2)cc1. The summed E-state index contributed by atoms with van der Waals surface area (Å²) in [6.07, 6.45) is 0. The molecular weight excluding hydrogens is 214 g/mol. The van der Waals surface area contributed by atoms with Crippen molar-refractivity contribution in [1.82, 2.24) is 0 Å². The number of carboxylic acids is 1. The summed E-state index contributed by atoms with van der Waals surface area (Å²) in [5.74, 6) is -0.886. The first-order valence-electron chi connectivity index (χ1n) is 5.46. The summed E-state index contributed by atoms with van der Waals surface area (Å²) < 4.78 is 0. The number of carbonyl (C=O) groups is 1. The van der Waals surface area contributed by atoms with Crippen molar-refractivity contribution < 1.29 is 15.2 Å². The van der Waals surface area contributed by atoms with Crippen LogP contribution in [0.1, 0.15) is 15.9 Å². The Morgan fingerprint density at radius 2 is 1.65 bits per heavy atom. The highest BCUT2D eigenvalue weighted by Gasteiger charge is 2.02. The Kier molecular flexibility index (Phi) is 3.52. The van der Waals surface area contributed by atoms with Gasteiger partial charge in [0.2, 0.25) is 0 Å². The van der Waals surface area contributed by atoms with Gasteiger partial charge in [0.15, 0.2) is 0 Å². The third kappa shape index (κ3) is 3.16. The monoisotopic (exact) mass is 228 g/mol. The molecule has 0 aromatic heterocycles. The summed E-state index contributed by atoms with van der Waals surface area (Å²) in [5.41, 5.74) is 2.61. The maximum Gasteiger partial charge on any atom is 0.335 e. The van der Waals surface area contributed by atoms with Crippen LogP contribution in [0.5, 0.6) is 0 Å². The molecule has 0 bridgehead atoms. The van der Waals surface area contributed by atoms with Crippen molar-refractivity contribution in [1.29, 1.82) is 0 Å². The molecule has 2 aromatic carbocycles. The van der Waals surface area contributed by atoms with E-state index in [0.29, 0.717) is 5.56 Å². The number of para-hydroxylation sites is 1. The molecule has 17 heavy (non-hydrogen) atoms. The molecule has 0 atom stereocenters. The fourth-order valence-electron chi connectivity index (χ4n) is 1.61. The Bertz CT molecular complexity index is 491. The normalized spacial score (nSPS) is 10.1. The van der Waals surface area contributed by atoms with E-state index in [1.165, 1.54) is 5.69 Å². The molecule has 2 aromatic rings. The van der Waals surface area contributed by atoms with Gasteiger partial charge < -0.3 is 10.4 Å². The van der Waals surface area contributed by atoms with E-state index in [0.717, 1.165) is 12.1 Å². The third-order valence-corrected chi connectivity index (χ3v) is 2.57. The number of carboxylic acid groups (broad SMARTS) is 1. The highest BCUT2D eigenvalue weighted by molar-refractivity contribution is 5.87. The van der Waals surface area contributed by atoms with Gasteiger partial charge in [-0.25, -0.2) is 4.79 Å². The molecule has 0 saturated carbocycles. The average Bonchev–Trinajstić information content (AvgIpc) is 2.38. The lowest BCUT2D eigenvalue weighted by Crippen LogP contribution is -2.76. The lowest BCUT2D eigenvalue weighted by molar-refractivity contribution is -0.588. The Morgan fingerprint density at radius 1 is 1.00 bits per heavy atom. The van der Waals surface area contributed by atoms with Crippen LogP contribution in [-0.4, -0.2) is 11.1 Å². The zero-order valence-corrected chi connectivity index (χ0v) is 9.34. The quantitative estimate of drug-likeness (QED) is 0.784. The van der Waals surface area contributed by atoms with E-state index < -0.39 is 5.97 Å². The molecule has 0 fully saturated rings. The highest BCUT2D eigenvalue weighted by atomic mass is 16.4. The predicted octanol–water partition coefficient (Wildman–Crippen LogP) is 1.78. The number of benzene rings is 2. The van der Waals surface area contributed by atoms with Crippen molar-refractivity contribution in [2.24, 2.45) is 0 Å². The molecule has 3 N–H and O–H groups in total. The Balaban J connectivity index is 1.98. The molecule has 0 aliphatic carbocycles. The zero-order valence-electron chi connectivity index (χ0n) is 9.34. The van der Waals surface area contributed by atoms with Crippen molar-refractivity contribution in [2.45, 2.75) is 6.54 Å². The number of hydrogen-bond donors (Lipinski definition) is 2. The van der Waals surface area contributed by atoms with Crippen molar-refractivity contribution >= 4 is 11.7 Å². The molecular formula is C14H14NO2+. The number of nitrogens with two attached hydrogens (primary N) is 1. The summed E-state index contributed by atoms with van der Waals surface area (Å²) in [4.78, 5) is 10.7. The minimum absolute atomic E-state index is 0.327. The number of aromatic carboxylic acids is 1. The molecule has 0 saturated heterocycles. The number of hydrogen-bond acceptors (Lipinski definition) is 1. The van der Waals surface area contributed by atoms with Crippen LogP contribution in [0.3, 0.4) is 0 Å². The van der Waals surface area contributed by atoms with E-state index in [1.54, 1.807) is 12.1 Å². The molecule has 0 unspecified atom stereocenters. The van der Waals surface area contributed by atoms with Gasteiger partial charge in [-0.3, -0.25) is 0 Å². The van der Waals surface area contributed by atoms with Gasteiger partial charge in [-0.05, 0) is 24.3 Å². The molecule has 0 heterocycles. The van der Waals surface area contributed by atoms with Crippen LogP contribution in [0, 0.1) is 0 Å². The fraction of sp³-hybridized carbons (Fsp3) is 0.0714. The summed E-state index contributed by atoms with van der Waals surface area (Å²) in [6.45, 7) is 0.809. The molecule has 0 amide bonds. The van der Waals surface area contributed by atoms with Crippen LogP contribution >= 0.6 is 0 Å². The van der Waals surface area contributed by atoms with Crippen molar-refractivity contribution in [3.63, 3.8) is 0 Å². The lowest BCUT2D eigenvalue weighted by Gasteiger charge is -2.01. The van der Waals surface area contributed by atoms with Gasteiger partial charge >= 0.3 is 5.97 Å². The Hall–Kier alpha value is -2.13. The Labute approximate surface area is 99.7 Å². The zero-order chi connectivity index (χ0) is 12.1. The highest BCUT2D eigenvalue weighted by Crippen LogP contribution is 2.04. The number of quaternary nitrogens is 1. The molecule has 0 aliphatic rings. The first kappa shape index (κ1) is 11.4. The smallest absolute Gasteiger partial charge is 0.335 e. The van der Waals surface area contributed by atoms with Gasteiger partial charge in [0.25, 0.3) is 0 Å². The molecule has 0 spiro atoms. The summed E-state index contributed by atoms with van der Waals surface area (Å²) in [7, 11) is 0. The largest absolute Gasteiger partial charge is 0.478 e. The van der Waals surface area contributed by atoms with E-state index in [9.17, 15) is 4.79 Å². The van der Waals surface area contributed by atoms with Crippen LogP contribution in [0.4, 0.5) is 5.69 Å². The third-order valence-electron chi connectivity index (χ3n) is 2.57. The minimum Gasteiger partial charge on any atom is -0.478 e. The standard InChI is InChI=1S/C14H13NO2/c16-14(17)12-8-6-11(7-9-12)10-15-13-4-2-1-3-5-13/h1-9,15H,10H2,(H,16,17)/p+1. The van der Waals surface area contributed by atoms with Gasteiger partial charge in [0, 0.05) is 5.56 Å². The van der Waals surface area contributed by atoms with E-state index in [1.807, 2.05) is 42.5 Å². The first-order chi connectivity index (χ1) is 8.25. The maximum absolute atomic E-state index is 10.7. The minimum atomic E-state index is -0.886. The molecule has 3 heteroatoms. The summed E-state index contributed by atoms with van der Waals surface area (Å²) in [6, 6.07) is 17.0. The second-order valence-corrected chi connectivity index (χ2v) is 3.82. The van der Waals surface area contributed by atoms with Crippen molar-refractivity contribution in [3.8, 4) is 0 Å². The summed E-state index contributed by atoms with van der Waals surface area (Å²) >= 11 is 0. The lowest BCUT2D eigenvalue weighted by atomic mass is 10.1.